The number of hydrogen-bond donors (Lipinski definition) is 2. The number of nitrogens with one attached hydrogen (secondary N) is 1. The van der Waals surface area contributed by atoms with Gasteiger partial charge >= 0.3 is 5.97 Å². The van der Waals surface area contributed by atoms with Gasteiger partial charge in [-0.1, -0.05) is 12.6 Å². The zero-order valence-electron chi connectivity index (χ0n) is 5.59. The van der Waals surface area contributed by atoms with Crippen LogP contribution in [0.25, 0.3) is 0 Å². The highest BCUT2D eigenvalue weighted by Gasteiger charge is 1.93. The van der Waals surface area contributed by atoms with Crippen molar-refractivity contribution in [1.82, 2.24) is 5.32 Å². The molecule has 0 unspecified atom stereocenters. The first kappa shape index (κ1) is 9.29. The number of amides is 1. The van der Waals surface area contributed by atoms with Crippen molar-refractivity contribution in [1.29, 1.82) is 0 Å². The lowest BCUT2D eigenvalue weighted by atomic mass is 10.7. The van der Waals surface area contributed by atoms with E-state index in [1.165, 1.54) is 6.92 Å². The van der Waals surface area contributed by atoms with E-state index in [2.05, 4.69) is 22.7 Å². The van der Waals surface area contributed by atoms with Gasteiger partial charge in [0.1, 0.15) is 6.61 Å². The highest BCUT2D eigenvalue weighted by Crippen LogP contribution is 1.77. The topological polar surface area (TPSA) is 55.4 Å². The number of rotatable bonds is 3. The molecule has 0 rings (SSSR count). The van der Waals surface area contributed by atoms with Crippen LogP contribution in [0.3, 0.4) is 0 Å². The summed E-state index contributed by atoms with van der Waals surface area (Å²) in [5.41, 5.74) is 0. The SMILES string of the molecule is CC(=O)OCCNC(=O)S. The number of ether oxygens (including phenoxy) is 1. The second-order valence-corrected chi connectivity index (χ2v) is 1.98. The average molecular weight is 163 g/mol. The lowest BCUT2D eigenvalue weighted by molar-refractivity contribution is -0.140. The largest absolute Gasteiger partial charge is 0.464 e. The molecule has 0 aliphatic heterocycles. The molecule has 0 saturated carbocycles. The fraction of sp³-hybridized carbons (Fsp3) is 0.600. The van der Waals surface area contributed by atoms with Gasteiger partial charge in [0, 0.05) is 6.92 Å². The molecule has 1 N–H and O–H groups in total. The Bertz CT molecular complexity index is 121. The predicted molar refractivity (Wildman–Crippen MR) is 39.0 cm³/mol. The summed E-state index contributed by atoms with van der Waals surface area (Å²) >= 11 is 3.43. The van der Waals surface area contributed by atoms with Crippen molar-refractivity contribution in [2.24, 2.45) is 0 Å². The van der Waals surface area contributed by atoms with Crippen molar-refractivity contribution < 1.29 is 14.3 Å². The van der Waals surface area contributed by atoms with Crippen molar-refractivity contribution in [2.75, 3.05) is 13.2 Å². The van der Waals surface area contributed by atoms with Gasteiger partial charge in [0.25, 0.3) is 5.24 Å². The Morgan fingerprint density at radius 3 is 2.60 bits per heavy atom. The fourth-order valence-corrected chi connectivity index (χ4v) is 0.465. The molecule has 0 bridgehead atoms. The average Bonchev–Trinajstić information content (AvgIpc) is 1.79. The van der Waals surface area contributed by atoms with Crippen LogP contribution in [0.4, 0.5) is 4.79 Å². The van der Waals surface area contributed by atoms with E-state index in [0.717, 1.165) is 0 Å². The minimum Gasteiger partial charge on any atom is -0.464 e. The van der Waals surface area contributed by atoms with E-state index < -0.39 is 5.24 Å². The highest BCUT2D eigenvalue weighted by molar-refractivity contribution is 7.96. The van der Waals surface area contributed by atoms with Gasteiger partial charge in [-0.25, -0.2) is 0 Å². The first-order valence-corrected chi connectivity index (χ1v) is 3.18. The quantitative estimate of drug-likeness (QED) is 0.355. The predicted octanol–water partition coefficient (Wildman–Crippen LogP) is 0.189. The maximum absolute atomic E-state index is 10.1. The van der Waals surface area contributed by atoms with Crippen molar-refractivity contribution in [3.05, 3.63) is 0 Å². The van der Waals surface area contributed by atoms with Gasteiger partial charge in [-0.05, 0) is 0 Å². The second-order valence-electron chi connectivity index (χ2n) is 1.57. The van der Waals surface area contributed by atoms with Crippen molar-refractivity contribution >= 4 is 23.8 Å². The molecule has 58 valence electrons. The van der Waals surface area contributed by atoms with Gasteiger partial charge in [0.15, 0.2) is 0 Å². The van der Waals surface area contributed by atoms with Gasteiger partial charge in [0.05, 0.1) is 6.54 Å². The Morgan fingerprint density at radius 2 is 2.20 bits per heavy atom. The number of thiol groups is 1. The summed E-state index contributed by atoms with van der Waals surface area (Å²) < 4.78 is 4.50. The Balaban J connectivity index is 3.06. The van der Waals surface area contributed by atoms with Gasteiger partial charge < -0.3 is 10.1 Å². The minimum atomic E-state index is -0.424. The monoisotopic (exact) mass is 163 g/mol. The van der Waals surface area contributed by atoms with Crippen LogP contribution >= 0.6 is 12.6 Å². The Hall–Kier alpha value is -0.710. The molecule has 0 spiro atoms. The summed E-state index contributed by atoms with van der Waals surface area (Å²) in [5, 5.41) is 1.92. The smallest absolute Gasteiger partial charge is 0.302 e. The summed E-state index contributed by atoms with van der Waals surface area (Å²) in [4.78, 5) is 20.2. The molecule has 10 heavy (non-hydrogen) atoms. The number of carbonyl (C=O) groups is 2. The Kier molecular flexibility index (Phi) is 4.74. The summed E-state index contributed by atoms with van der Waals surface area (Å²) in [6.45, 7) is 1.81. The van der Waals surface area contributed by atoms with E-state index in [4.69, 9.17) is 0 Å². The van der Waals surface area contributed by atoms with Gasteiger partial charge in [-0.15, -0.1) is 0 Å². The molecule has 0 radical (unpaired) electrons. The molecule has 5 heteroatoms. The molecule has 4 nitrogen and oxygen atoms in total. The van der Waals surface area contributed by atoms with E-state index >= 15 is 0 Å². The molecule has 0 aromatic rings. The molecule has 0 aliphatic carbocycles. The number of esters is 1. The number of hydrogen-bond acceptors (Lipinski definition) is 3. The van der Waals surface area contributed by atoms with Crippen LogP contribution < -0.4 is 5.32 Å². The molecule has 1 amide bonds. The molecular weight excluding hydrogens is 154 g/mol. The van der Waals surface area contributed by atoms with Gasteiger partial charge in [-0.3, -0.25) is 9.59 Å². The third-order valence-electron chi connectivity index (χ3n) is 0.684. The fourth-order valence-electron chi connectivity index (χ4n) is 0.353. The maximum Gasteiger partial charge on any atom is 0.302 e. The molecule has 0 aromatic carbocycles. The van der Waals surface area contributed by atoms with Crippen LogP contribution in [0.2, 0.25) is 0 Å². The minimum absolute atomic E-state index is 0.196. The number of carbonyl (C=O) groups excluding carboxylic acids is 2. The molecule has 0 fully saturated rings. The molecule has 0 atom stereocenters. The van der Waals surface area contributed by atoms with Crippen LogP contribution in [0.15, 0.2) is 0 Å². The first-order valence-electron chi connectivity index (χ1n) is 2.73. The Labute approximate surface area is 64.3 Å². The normalized spacial score (nSPS) is 8.60. The van der Waals surface area contributed by atoms with E-state index in [9.17, 15) is 9.59 Å². The highest BCUT2D eigenvalue weighted by atomic mass is 32.1. The van der Waals surface area contributed by atoms with Crippen LogP contribution in [-0.2, 0) is 9.53 Å². The lowest BCUT2D eigenvalue weighted by Crippen LogP contribution is -2.22. The summed E-state index contributed by atoms with van der Waals surface area (Å²) in [6, 6.07) is 0. The molecular formula is C5H9NO3S. The standard InChI is InChI=1S/C5H9NO3S/c1-4(7)9-3-2-6-5(8)10/h2-3H2,1H3,(H2,6,8,10). The van der Waals surface area contributed by atoms with E-state index in [1.54, 1.807) is 0 Å². The molecule has 0 aliphatic rings. The maximum atomic E-state index is 10.1. The molecule has 0 saturated heterocycles. The van der Waals surface area contributed by atoms with Crippen LogP contribution in [0, 0.1) is 0 Å². The zero-order chi connectivity index (χ0) is 7.98. The first-order chi connectivity index (χ1) is 4.63. The lowest BCUT2D eigenvalue weighted by Gasteiger charge is -2.00. The Morgan fingerprint density at radius 1 is 1.60 bits per heavy atom. The third-order valence-corrected chi connectivity index (χ3v) is 0.842. The van der Waals surface area contributed by atoms with Crippen molar-refractivity contribution in [3.8, 4) is 0 Å². The summed E-state index contributed by atoms with van der Waals surface area (Å²) in [7, 11) is 0. The summed E-state index contributed by atoms with van der Waals surface area (Å²) in [6.07, 6.45) is 0. The van der Waals surface area contributed by atoms with Crippen LogP contribution in [-0.4, -0.2) is 24.4 Å². The van der Waals surface area contributed by atoms with E-state index in [-0.39, 0.29) is 12.6 Å². The third kappa shape index (κ3) is 7.29. The zero-order valence-corrected chi connectivity index (χ0v) is 6.48. The van der Waals surface area contributed by atoms with Crippen molar-refractivity contribution in [2.45, 2.75) is 6.92 Å². The van der Waals surface area contributed by atoms with Crippen LogP contribution in [0.1, 0.15) is 6.92 Å². The molecule has 0 heterocycles. The molecule has 0 aromatic heterocycles. The van der Waals surface area contributed by atoms with Crippen molar-refractivity contribution in [3.63, 3.8) is 0 Å². The van der Waals surface area contributed by atoms with Gasteiger partial charge in [0.2, 0.25) is 0 Å². The van der Waals surface area contributed by atoms with E-state index in [1.807, 2.05) is 0 Å². The summed E-state index contributed by atoms with van der Waals surface area (Å²) in [5.74, 6) is -0.353. The van der Waals surface area contributed by atoms with Crippen LogP contribution in [0.5, 0.6) is 0 Å². The van der Waals surface area contributed by atoms with Gasteiger partial charge in [-0.2, -0.15) is 0 Å². The second kappa shape index (κ2) is 5.10. The van der Waals surface area contributed by atoms with E-state index in [0.29, 0.717) is 6.54 Å².